The first-order chi connectivity index (χ1) is 11.0. The van der Waals surface area contributed by atoms with E-state index in [1.807, 2.05) is 18.2 Å². The minimum Gasteiger partial charge on any atom is -0.370 e. The quantitative estimate of drug-likeness (QED) is 0.658. The third-order valence-corrected chi connectivity index (χ3v) is 3.81. The molecule has 0 aromatic heterocycles. The molecule has 3 N–H and O–H groups in total. The van der Waals surface area contributed by atoms with E-state index in [4.69, 9.17) is 5.73 Å². The highest BCUT2D eigenvalue weighted by Crippen LogP contribution is 2.19. The summed E-state index contributed by atoms with van der Waals surface area (Å²) in [6.45, 7) is 4.76. The number of aliphatic imine (C=N–C) groups is 1. The van der Waals surface area contributed by atoms with Crippen molar-refractivity contribution in [2.24, 2.45) is 10.7 Å². The van der Waals surface area contributed by atoms with Crippen molar-refractivity contribution in [2.45, 2.75) is 19.9 Å². The van der Waals surface area contributed by atoms with E-state index in [0.29, 0.717) is 12.5 Å². The summed E-state index contributed by atoms with van der Waals surface area (Å²) in [5.41, 5.74) is 10.7. The first-order valence-electron chi connectivity index (χ1n) is 7.82. The van der Waals surface area contributed by atoms with Crippen LogP contribution in [0, 0.1) is 13.8 Å². The summed E-state index contributed by atoms with van der Waals surface area (Å²) in [6, 6.07) is 16.9. The molecule has 0 aliphatic heterocycles. The SMILES string of the molecule is Cc1ccc(C(CN=C(N)Nc2cccc(C)c2)N(C)C)cc1. The number of nitrogens with zero attached hydrogens (tertiary/aromatic N) is 2. The van der Waals surface area contributed by atoms with E-state index in [9.17, 15) is 0 Å². The Hall–Kier alpha value is -2.33. The number of benzene rings is 2. The Bertz CT molecular complexity index is 659. The molecule has 0 saturated heterocycles. The number of anilines is 1. The molecule has 4 nitrogen and oxygen atoms in total. The van der Waals surface area contributed by atoms with Gasteiger partial charge >= 0.3 is 0 Å². The maximum Gasteiger partial charge on any atom is 0.193 e. The second-order valence-corrected chi connectivity index (χ2v) is 6.11. The lowest BCUT2D eigenvalue weighted by Crippen LogP contribution is -2.27. The monoisotopic (exact) mass is 310 g/mol. The van der Waals surface area contributed by atoms with Crippen LogP contribution in [0.4, 0.5) is 5.69 Å². The number of aryl methyl sites for hydroxylation is 2. The van der Waals surface area contributed by atoms with Crippen LogP contribution in [0.5, 0.6) is 0 Å². The van der Waals surface area contributed by atoms with E-state index in [1.54, 1.807) is 0 Å². The van der Waals surface area contributed by atoms with Gasteiger partial charge in [-0.3, -0.25) is 4.99 Å². The molecule has 2 rings (SSSR count). The van der Waals surface area contributed by atoms with Crippen LogP contribution in [0.15, 0.2) is 53.5 Å². The molecule has 0 spiro atoms. The van der Waals surface area contributed by atoms with Crippen LogP contribution in [0.25, 0.3) is 0 Å². The zero-order valence-electron chi connectivity index (χ0n) is 14.4. The van der Waals surface area contributed by atoms with Crippen molar-refractivity contribution >= 4 is 11.6 Å². The lowest BCUT2D eigenvalue weighted by Gasteiger charge is -2.23. The van der Waals surface area contributed by atoms with Crippen molar-refractivity contribution in [3.05, 3.63) is 65.2 Å². The molecule has 4 heteroatoms. The van der Waals surface area contributed by atoms with Gasteiger partial charge in [0.1, 0.15) is 0 Å². The van der Waals surface area contributed by atoms with E-state index in [1.165, 1.54) is 16.7 Å². The van der Waals surface area contributed by atoms with Gasteiger partial charge in [0.2, 0.25) is 0 Å². The summed E-state index contributed by atoms with van der Waals surface area (Å²) in [5.74, 6) is 0.439. The molecule has 0 aliphatic rings. The zero-order valence-corrected chi connectivity index (χ0v) is 14.4. The summed E-state index contributed by atoms with van der Waals surface area (Å²) in [5, 5.41) is 3.15. The molecule has 0 heterocycles. The van der Waals surface area contributed by atoms with Gasteiger partial charge in [-0.1, -0.05) is 42.0 Å². The van der Waals surface area contributed by atoms with Gasteiger partial charge in [0, 0.05) is 5.69 Å². The van der Waals surface area contributed by atoms with Crippen molar-refractivity contribution in [2.75, 3.05) is 26.0 Å². The topological polar surface area (TPSA) is 53.6 Å². The largest absolute Gasteiger partial charge is 0.370 e. The summed E-state index contributed by atoms with van der Waals surface area (Å²) in [7, 11) is 4.12. The maximum atomic E-state index is 6.03. The third kappa shape index (κ3) is 5.11. The molecule has 122 valence electrons. The number of hydrogen-bond donors (Lipinski definition) is 2. The molecular formula is C19H26N4. The van der Waals surface area contributed by atoms with Crippen molar-refractivity contribution in [1.82, 2.24) is 4.90 Å². The Morgan fingerprint density at radius 2 is 1.78 bits per heavy atom. The number of guanidine groups is 1. The average molecular weight is 310 g/mol. The van der Waals surface area contributed by atoms with Crippen molar-refractivity contribution < 1.29 is 0 Å². The summed E-state index contributed by atoms with van der Waals surface area (Å²) < 4.78 is 0. The van der Waals surface area contributed by atoms with Gasteiger partial charge < -0.3 is 16.0 Å². The van der Waals surface area contributed by atoms with Crippen LogP contribution < -0.4 is 11.1 Å². The van der Waals surface area contributed by atoms with Gasteiger partial charge in [0.25, 0.3) is 0 Å². The van der Waals surface area contributed by atoms with Gasteiger partial charge in [0.15, 0.2) is 5.96 Å². The molecule has 1 atom stereocenters. The minimum absolute atomic E-state index is 0.202. The lowest BCUT2D eigenvalue weighted by molar-refractivity contribution is 0.306. The summed E-state index contributed by atoms with van der Waals surface area (Å²) in [6.07, 6.45) is 0. The summed E-state index contributed by atoms with van der Waals surface area (Å²) in [4.78, 5) is 6.67. The number of likely N-dealkylation sites (N-methyl/N-ethyl adjacent to an activating group) is 1. The van der Waals surface area contributed by atoms with Gasteiger partial charge in [-0.25, -0.2) is 0 Å². The first-order valence-corrected chi connectivity index (χ1v) is 7.82. The van der Waals surface area contributed by atoms with Crippen LogP contribution in [0.2, 0.25) is 0 Å². The second kappa shape index (κ2) is 7.79. The predicted octanol–water partition coefficient (Wildman–Crippen LogP) is 3.33. The van der Waals surface area contributed by atoms with Crippen LogP contribution in [0.3, 0.4) is 0 Å². The van der Waals surface area contributed by atoms with E-state index in [-0.39, 0.29) is 6.04 Å². The Labute approximate surface area is 139 Å². The third-order valence-electron chi connectivity index (χ3n) is 3.81. The van der Waals surface area contributed by atoms with Crippen LogP contribution in [-0.4, -0.2) is 31.5 Å². The summed E-state index contributed by atoms with van der Waals surface area (Å²) >= 11 is 0. The van der Waals surface area contributed by atoms with Gasteiger partial charge in [-0.2, -0.15) is 0 Å². The van der Waals surface area contributed by atoms with E-state index in [2.05, 4.69) is 73.5 Å². The van der Waals surface area contributed by atoms with Crippen molar-refractivity contribution in [3.63, 3.8) is 0 Å². The second-order valence-electron chi connectivity index (χ2n) is 6.11. The normalized spacial score (nSPS) is 13.2. The predicted molar refractivity (Wildman–Crippen MR) is 98.9 cm³/mol. The van der Waals surface area contributed by atoms with Crippen LogP contribution in [-0.2, 0) is 0 Å². The molecule has 2 aromatic carbocycles. The van der Waals surface area contributed by atoms with Gasteiger partial charge in [-0.05, 0) is 51.2 Å². The first kappa shape index (κ1) is 17.0. The Balaban J connectivity index is 2.06. The highest BCUT2D eigenvalue weighted by molar-refractivity contribution is 5.92. The minimum atomic E-state index is 0.202. The smallest absolute Gasteiger partial charge is 0.193 e. The zero-order chi connectivity index (χ0) is 16.8. The fraction of sp³-hybridized carbons (Fsp3) is 0.316. The number of hydrogen-bond acceptors (Lipinski definition) is 2. The van der Waals surface area contributed by atoms with Gasteiger partial charge in [0.05, 0.1) is 12.6 Å². The molecule has 0 radical (unpaired) electrons. The molecule has 0 aliphatic carbocycles. The van der Waals surface area contributed by atoms with Gasteiger partial charge in [-0.15, -0.1) is 0 Å². The average Bonchev–Trinajstić information content (AvgIpc) is 2.49. The number of rotatable bonds is 5. The number of nitrogens with one attached hydrogen (secondary N) is 1. The maximum absolute atomic E-state index is 6.03. The van der Waals surface area contributed by atoms with Crippen LogP contribution >= 0.6 is 0 Å². The Morgan fingerprint density at radius 3 is 2.39 bits per heavy atom. The van der Waals surface area contributed by atoms with Crippen molar-refractivity contribution in [1.29, 1.82) is 0 Å². The van der Waals surface area contributed by atoms with E-state index in [0.717, 1.165) is 5.69 Å². The molecule has 2 aromatic rings. The van der Waals surface area contributed by atoms with E-state index < -0.39 is 0 Å². The van der Waals surface area contributed by atoms with Crippen molar-refractivity contribution in [3.8, 4) is 0 Å². The fourth-order valence-corrected chi connectivity index (χ4v) is 2.45. The molecule has 1 unspecified atom stereocenters. The molecule has 0 amide bonds. The molecule has 23 heavy (non-hydrogen) atoms. The van der Waals surface area contributed by atoms with Crippen LogP contribution in [0.1, 0.15) is 22.7 Å². The molecule has 0 saturated carbocycles. The lowest BCUT2D eigenvalue weighted by atomic mass is 10.0. The highest BCUT2D eigenvalue weighted by atomic mass is 15.1. The number of nitrogens with two attached hydrogens (primary N) is 1. The standard InChI is InChI=1S/C19H26N4/c1-14-8-10-16(11-9-14)18(23(3)4)13-21-19(20)22-17-7-5-6-15(2)12-17/h5-12,18H,13H2,1-4H3,(H3,20,21,22). The molecule has 0 bridgehead atoms. The van der Waals surface area contributed by atoms with E-state index >= 15 is 0 Å². The fourth-order valence-electron chi connectivity index (χ4n) is 2.45. The Kier molecular flexibility index (Phi) is 5.77. The molecular weight excluding hydrogens is 284 g/mol. The highest BCUT2D eigenvalue weighted by Gasteiger charge is 2.13. The Morgan fingerprint density at radius 1 is 1.09 bits per heavy atom. The molecule has 0 fully saturated rings.